The standard InChI is InChI=1S/C25H30N4O3/c1-2-28-21-5-3-4-6-22(21)29(25(28)31)11-9-24(30)27-14-12-26(13-15-27)18-19-7-8-23-20(17-19)10-16-32-23/h3-8,17H,2,9-16,18H2,1H3. The Labute approximate surface area is 187 Å². The molecular weight excluding hydrogens is 404 g/mol. The first kappa shape index (κ1) is 20.8. The second kappa shape index (κ2) is 8.82. The Hall–Kier alpha value is -3.06. The fraction of sp³-hybridized carbons (Fsp3) is 0.440. The lowest BCUT2D eigenvalue weighted by Gasteiger charge is -2.35. The molecule has 0 spiro atoms. The van der Waals surface area contributed by atoms with E-state index in [1.165, 1.54) is 11.1 Å². The molecule has 2 aliphatic rings. The van der Waals surface area contributed by atoms with Gasteiger partial charge in [0.25, 0.3) is 0 Å². The molecule has 2 aliphatic heterocycles. The lowest BCUT2D eigenvalue weighted by atomic mass is 10.1. The summed E-state index contributed by atoms with van der Waals surface area (Å²) in [6, 6.07) is 14.3. The van der Waals surface area contributed by atoms with E-state index in [1.807, 2.05) is 36.1 Å². The number of ether oxygens (including phenoxy) is 1. The highest BCUT2D eigenvalue weighted by molar-refractivity contribution is 5.78. The molecule has 0 saturated carbocycles. The van der Waals surface area contributed by atoms with Crippen LogP contribution in [0, 0.1) is 0 Å². The highest BCUT2D eigenvalue weighted by Gasteiger charge is 2.22. The molecule has 0 aliphatic carbocycles. The topological polar surface area (TPSA) is 59.7 Å². The van der Waals surface area contributed by atoms with E-state index >= 15 is 0 Å². The van der Waals surface area contributed by atoms with Crippen LogP contribution >= 0.6 is 0 Å². The smallest absolute Gasteiger partial charge is 0.329 e. The van der Waals surface area contributed by atoms with E-state index in [4.69, 9.17) is 4.74 Å². The SMILES string of the molecule is CCn1c(=O)n(CCC(=O)N2CCN(Cc3ccc4c(c3)CCO4)CC2)c2ccccc21. The average Bonchev–Trinajstić information content (AvgIpc) is 3.39. The Morgan fingerprint density at radius 1 is 1.00 bits per heavy atom. The summed E-state index contributed by atoms with van der Waals surface area (Å²) in [5, 5.41) is 0. The number of para-hydroxylation sites is 2. The minimum atomic E-state index is -0.0361. The van der Waals surface area contributed by atoms with E-state index in [9.17, 15) is 9.59 Å². The van der Waals surface area contributed by atoms with Gasteiger partial charge in [0.05, 0.1) is 17.6 Å². The predicted octanol–water partition coefficient (Wildman–Crippen LogP) is 2.49. The van der Waals surface area contributed by atoms with E-state index < -0.39 is 0 Å². The Balaban J connectivity index is 1.17. The van der Waals surface area contributed by atoms with Gasteiger partial charge >= 0.3 is 5.69 Å². The summed E-state index contributed by atoms with van der Waals surface area (Å²) in [7, 11) is 0. The third kappa shape index (κ3) is 3.93. The lowest BCUT2D eigenvalue weighted by Crippen LogP contribution is -2.48. The van der Waals surface area contributed by atoms with Crippen molar-refractivity contribution in [2.24, 2.45) is 0 Å². The molecule has 7 heteroatoms. The molecule has 2 aromatic carbocycles. The molecule has 3 aromatic rings. The normalized spacial score (nSPS) is 16.3. The number of fused-ring (bicyclic) bond motifs is 2. The minimum Gasteiger partial charge on any atom is -0.493 e. The van der Waals surface area contributed by atoms with E-state index in [-0.39, 0.29) is 11.6 Å². The molecule has 0 unspecified atom stereocenters. The van der Waals surface area contributed by atoms with Crippen molar-refractivity contribution in [3.05, 3.63) is 64.1 Å². The molecule has 1 fully saturated rings. The average molecular weight is 435 g/mol. The van der Waals surface area contributed by atoms with Gasteiger partial charge in [0.15, 0.2) is 0 Å². The van der Waals surface area contributed by atoms with Gasteiger partial charge in [-0.15, -0.1) is 0 Å². The van der Waals surface area contributed by atoms with Crippen molar-refractivity contribution in [1.82, 2.24) is 18.9 Å². The van der Waals surface area contributed by atoms with E-state index in [2.05, 4.69) is 23.1 Å². The fourth-order valence-corrected chi connectivity index (χ4v) is 4.91. The number of nitrogens with zero attached hydrogens (tertiary/aromatic N) is 4. The van der Waals surface area contributed by atoms with Gasteiger partial charge in [0, 0.05) is 58.7 Å². The number of carbonyl (C=O) groups is 1. The number of aromatic nitrogens is 2. The molecule has 1 saturated heterocycles. The Bertz CT molecular complexity index is 1190. The summed E-state index contributed by atoms with van der Waals surface area (Å²) in [5.74, 6) is 1.14. The summed E-state index contributed by atoms with van der Waals surface area (Å²) in [6.07, 6.45) is 1.34. The van der Waals surface area contributed by atoms with Crippen LogP contribution in [-0.4, -0.2) is 57.6 Å². The van der Waals surface area contributed by atoms with Crippen molar-refractivity contribution in [3.8, 4) is 5.75 Å². The van der Waals surface area contributed by atoms with Gasteiger partial charge < -0.3 is 9.64 Å². The molecule has 0 bridgehead atoms. The number of carbonyl (C=O) groups excluding carboxylic acids is 1. The Kier molecular flexibility index (Phi) is 5.74. The van der Waals surface area contributed by atoms with Crippen LogP contribution in [0.25, 0.3) is 11.0 Å². The number of hydrogen-bond acceptors (Lipinski definition) is 4. The Morgan fingerprint density at radius 3 is 2.50 bits per heavy atom. The first-order valence-corrected chi connectivity index (χ1v) is 11.6. The summed E-state index contributed by atoms with van der Waals surface area (Å²) in [5.41, 5.74) is 4.40. The van der Waals surface area contributed by atoms with E-state index in [0.29, 0.717) is 19.5 Å². The number of imidazole rings is 1. The maximum absolute atomic E-state index is 12.9. The number of rotatable bonds is 6. The number of hydrogen-bond donors (Lipinski definition) is 0. The van der Waals surface area contributed by atoms with Crippen LogP contribution in [0.2, 0.25) is 0 Å². The number of aryl methyl sites for hydroxylation is 2. The molecule has 0 radical (unpaired) electrons. The third-order valence-corrected chi connectivity index (χ3v) is 6.68. The zero-order valence-electron chi connectivity index (χ0n) is 18.6. The highest BCUT2D eigenvalue weighted by atomic mass is 16.5. The van der Waals surface area contributed by atoms with Gasteiger partial charge in [-0.3, -0.25) is 18.8 Å². The number of piperazine rings is 1. The predicted molar refractivity (Wildman–Crippen MR) is 124 cm³/mol. The number of benzene rings is 2. The van der Waals surface area contributed by atoms with Crippen LogP contribution < -0.4 is 10.4 Å². The van der Waals surface area contributed by atoms with Crippen molar-refractivity contribution >= 4 is 16.9 Å². The van der Waals surface area contributed by atoms with Crippen molar-refractivity contribution in [2.75, 3.05) is 32.8 Å². The van der Waals surface area contributed by atoms with Gasteiger partial charge in [-0.2, -0.15) is 0 Å². The largest absolute Gasteiger partial charge is 0.493 e. The highest BCUT2D eigenvalue weighted by Crippen LogP contribution is 2.26. The van der Waals surface area contributed by atoms with Crippen LogP contribution in [0.3, 0.4) is 0 Å². The van der Waals surface area contributed by atoms with Gasteiger partial charge in [0.1, 0.15) is 5.75 Å². The maximum Gasteiger partial charge on any atom is 0.329 e. The van der Waals surface area contributed by atoms with Crippen molar-refractivity contribution < 1.29 is 9.53 Å². The molecule has 168 valence electrons. The van der Waals surface area contributed by atoms with Crippen LogP contribution in [0.15, 0.2) is 47.3 Å². The molecule has 3 heterocycles. The monoisotopic (exact) mass is 434 g/mol. The molecule has 32 heavy (non-hydrogen) atoms. The van der Waals surface area contributed by atoms with E-state index in [1.54, 1.807) is 9.13 Å². The molecule has 1 aromatic heterocycles. The molecule has 7 nitrogen and oxygen atoms in total. The van der Waals surface area contributed by atoms with Crippen molar-refractivity contribution in [1.29, 1.82) is 0 Å². The van der Waals surface area contributed by atoms with Crippen molar-refractivity contribution in [2.45, 2.75) is 39.4 Å². The molecule has 0 atom stereocenters. The van der Waals surface area contributed by atoms with E-state index in [0.717, 1.165) is 62.5 Å². The van der Waals surface area contributed by atoms with Gasteiger partial charge in [0.2, 0.25) is 5.91 Å². The van der Waals surface area contributed by atoms with Crippen LogP contribution in [-0.2, 0) is 30.8 Å². The summed E-state index contributed by atoms with van der Waals surface area (Å²) >= 11 is 0. The second-order valence-electron chi connectivity index (χ2n) is 8.61. The first-order valence-electron chi connectivity index (χ1n) is 11.6. The Morgan fingerprint density at radius 2 is 1.75 bits per heavy atom. The number of amides is 1. The maximum atomic E-state index is 12.9. The van der Waals surface area contributed by atoms with Gasteiger partial charge in [-0.05, 0) is 36.2 Å². The molecular formula is C25H30N4O3. The molecule has 0 N–H and O–H groups in total. The van der Waals surface area contributed by atoms with Gasteiger partial charge in [-0.25, -0.2) is 4.79 Å². The third-order valence-electron chi connectivity index (χ3n) is 6.68. The zero-order valence-corrected chi connectivity index (χ0v) is 18.6. The summed E-state index contributed by atoms with van der Waals surface area (Å²) in [6.45, 7) is 7.91. The van der Waals surface area contributed by atoms with Crippen LogP contribution in [0.4, 0.5) is 0 Å². The summed E-state index contributed by atoms with van der Waals surface area (Å²) < 4.78 is 9.11. The quantitative estimate of drug-likeness (QED) is 0.598. The molecule has 5 rings (SSSR count). The lowest BCUT2D eigenvalue weighted by molar-refractivity contribution is -0.133. The fourth-order valence-electron chi connectivity index (χ4n) is 4.91. The second-order valence-corrected chi connectivity index (χ2v) is 8.61. The van der Waals surface area contributed by atoms with Gasteiger partial charge in [-0.1, -0.05) is 24.3 Å². The van der Waals surface area contributed by atoms with Crippen LogP contribution in [0.1, 0.15) is 24.5 Å². The minimum absolute atomic E-state index is 0.0361. The van der Waals surface area contributed by atoms with Crippen molar-refractivity contribution in [3.63, 3.8) is 0 Å². The zero-order chi connectivity index (χ0) is 22.1. The first-order chi connectivity index (χ1) is 15.6. The summed E-state index contributed by atoms with van der Waals surface area (Å²) in [4.78, 5) is 30.0. The molecule has 1 amide bonds. The van der Waals surface area contributed by atoms with Crippen LogP contribution in [0.5, 0.6) is 5.75 Å².